The molecule has 0 bridgehead atoms. The maximum atomic E-state index is 12.5. The number of aliphatic hydroxyl groups is 1. The number of aliphatic hydroxyl groups excluding tert-OH is 1. The van der Waals surface area contributed by atoms with Gasteiger partial charge >= 0.3 is 19.8 Å². The van der Waals surface area contributed by atoms with Gasteiger partial charge < -0.3 is 25.2 Å². The van der Waals surface area contributed by atoms with Crippen LogP contribution in [-0.4, -0.2) is 60.5 Å². The Kier molecular flexibility index (Phi) is 34.9. The Balaban J connectivity index is 4.42. The van der Waals surface area contributed by atoms with E-state index in [-0.39, 0.29) is 32.6 Å². The van der Waals surface area contributed by atoms with Crippen LogP contribution in [0.25, 0.3) is 0 Å². The van der Waals surface area contributed by atoms with E-state index in [1.807, 2.05) is 42.5 Å². The van der Waals surface area contributed by atoms with Gasteiger partial charge in [-0.15, -0.1) is 0 Å². The van der Waals surface area contributed by atoms with Crippen molar-refractivity contribution >= 4 is 19.8 Å². The zero-order valence-corrected chi connectivity index (χ0v) is 33.0. The highest BCUT2D eigenvalue weighted by atomic mass is 31.2. The summed E-state index contributed by atoms with van der Waals surface area (Å²) in [5.74, 6) is -0.955. The van der Waals surface area contributed by atoms with E-state index in [0.29, 0.717) is 32.1 Å². The van der Waals surface area contributed by atoms with Crippen molar-refractivity contribution in [2.75, 3.05) is 26.4 Å². The third kappa shape index (κ3) is 35.8. The summed E-state index contributed by atoms with van der Waals surface area (Å²) in [6.07, 6.45) is 39.7. The molecule has 0 radical (unpaired) electrons. The third-order valence-corrected chi connectivity index (χ3v) is 8.64. The molecule has 0 aromatic rings. The van der Waals surface area contributed by atoms with Crippen molar-refractivity contribution in [3.05, 3.63) is 72.9 Å². The Morgan fingerprint density at radius 1 is 0.692 bits per heavy atom. The molecule has 0 heterocycles. The Morgan fingerprint density at radius 3 is 2.04 bits per heavy atom. The molecule has 0 saturated heterocycles. The van der Waals surface area contributed by atoms with Crippen molar-refractivity contribution in [2.24, 2.45) is 5.73 Å². The van der Waals surface area contributed by atoms with Crippen molar-refractivity contribution in [1.29, 1.82) is 0 Å². The predicted octanol–water partition coefficient (Wildman–Crippen LogP) is 9.68. The average molecular weight is 752 g/mol. The van der Waals surface area contributed by atoms with Crippen LogP contribution in [-0.2, 0) is 32.7 Å². The molecule has 0 rings (SSSR count). The molecule has 3 atom stereocenters. The number of carbonyl (C=O) groups excluding carboxylic acids is 2. The second kappa shape index (κ2) is 36.8. The average Bonchev–Trinajstić information content (AvgIpc) is 3.12. The van der Waals surface area contributed by atoms with Gasteiger partial charge in [0.1, 0.15) is 6.61 Å². The first-order chi connectivity index (χ1) is 25.2. The Bertz CT molecular complexity index is 1100. The van der Waals surface area contributed by atoms with Gasteiger partial charge in [0.05, 0.1) is 19.3 Å². The lowest BCUT2D eigenvalue weighted by molar-refractivity contribution is -0.161. The van der Waals surface area contributed by atoms with Crippen LogP contribution in [0.5, 0.6) is 0 Å². The van der Waals surface area contributed by atoms with Crippen LogP contribution >= 0.6 is 7.82 Å². The number of phosphoric ester groups is 1. The summed E-state index contributed by atoms with van der Waals surface area (Å²) in [6.45, 7) is 3.40. The molecule has 0 spiro atoms. The molecule has 0 aliphatic heterocycles. The lowest BCUT2D eigenvalue weighted by Gasteiger charge is -2.19. The summed E-state index contributed by atoms with van der Waals surface area (Å²) in [6, 6.07) is 0. The predicted molar refractivity (Wildman–Crippen MR) is 212 cm³/mol. The van der Waals surface area contributed by atoms with Crippen LogP contribution in [0.2, 0.25) is 0 Å². The smallest absolute Gasteiger partial charge is 0.462 e. The van der Waals surface area contributed by atoms with E-state index in [1.165, 1.54) is 25.7 Å². The van der Waals surface area contributed by atoms with Gasteiger partial charge in [0.25, 0.3) is 0 Å². The van der Waals surface area contributed by atoms with Crippen molar-refractivity contribution in [3.63, 3.8) is 0 Å². The molecule has 0 aliphatic rings. The molecule has 52 heavy (non-hydrogen) atoms. The number of hydrogen-bond acceptors (Lipinski definition) is 9. The number of ether oxygens (including phenoxy) is 2. The summed E-state index contributed by atoms with van der Waals surface area (Å²) in [5, 5.41) is 9.99. The van der Waals surface area contributed by atoms with Crippen LogP contribution < -0.4 is 5.73 Å². The van der Waals surface area contributed by atoms with Crippen LogP contribution in [0.15, 0.2) is 72.9 Å². The number of hydrogen-bond donors (Lipinski definition) is 3. The zero-order valence-electron chi connectivity index (χ0n) is 32.1. The Labute approximate surface area is 314 Å². The number of unbranched alkanes of at least 4 members (excludes halogenated alkanes) is 10. The normalized spacial score (nSPS) is 14.8. The van der Waals surface area contributed by atoms with E-state index < -0.39 is 38.6 Å². The molecule has 11 heteroatoms. The van der Waals surface area contributed by atoms with E-state index in [2.05, 4.69) is 38.2 Å². The largest absolute Gasteiger partial charge is 0.472 e. The van der Waals surface area contributed by atoms with Crippen molar-refractivity contribution < 1.29 is 42.7 Å². The van der Waals surface area contributed by atoms with Crippen molar-refractivity contribution in [3.8, 4) is 0 Å². The molecule has 0 amide bonds. The van der Waals surface area contributed by atoms with E-state index in [0.717, 1.165) is 51.4 Å². The molecule has 298 valence electrons. The maximum absolute atomic E-state index is 12.5. The van der Waals surface area contributed by atoms with Crippen LogP contribution in [0, 0.1) is 0 Å². The minimum atomic E-state index is -4.41. The summed E-state index contributed by atoms with van der Waals surface area (Å²) < 4.78 is 32.6. The minimum absolute atomic E-state index is 0.0297. The molecular weight excluding hydrogens is 681 g/mol. The molecule has 10 nitrogen and oxygen atoms in total. The highest BCUT2D eigenvalue weighted by molar-refractivity contribution is 7.47. The third-order valence-electron chi connectivity index (χ3n) is 7.66. The maximum Gasteiger partial charge on any atom is 0.472 e. The van der Waals surface area contributed by atoms with Gasteiger partial charge in [0.15, 0.2) is 6.10 Å². The summed E-state index contributed by atoms with van der Waals surface area (Å²) >= 11 is 0. The zero-order chi connectivity index (χ0) is 38.4. The first kappa shape index (κ1) is 49.4. The number of esters is 2. The monoisotopic (exact) mass is 751 g/mol. The molecular formula is C41H70NO9P. The van der Waals surface area contributed by atoms with E-state index in [9.17, 15) is 24.2 Å². The van der Waals surface area contributed by atoms with E-state index in [1.54, 1.807) is 6.08 Å². The fourth-order valence-electron chi connectivity index (χ4n) is 4.75. The second-order valence-corrected chi connectivity index (χ2v) is 14.1. The lowest BCUT2D eigenvalue weighted by Crippen LogP contribution is -2.29. The highest BCUT2D eigenvalue weighted by Gasteiger charge is 2.25. The van der Waals surface area contributed by atoms with E-state index in [4.69, 9.17) is 24.3 Å². The first-order valence-electron chi connectivity index (χ1n) is 19.5. The van der Waals surface area contributed by atoms with Crippen LogP contribution in [0.1, 0.15) is 136 Å². The molecule has 0 aliphatic carbocycles. The summed E-state index contributed by atoms with van der Waals surface area (Å²) in [5.41, 5.74) is 5.32. The molecule has 0 fully saturated rings. The van der Waals surface area contributed by atoms with Gasteiger partial charge in [-0.2, -0.15) is 0 Å². The number of nitrogens with two attached hydrogens (primary N) is 1. The number of rotatable bonds is 35. The van der Waals surface area contributed by atoms with Gasteiger partial charge in [0.2, 0.25) is 0 Å². The molecule has 0 aromatic carbocycles. The number of carbonyl (C=O) groups is 2. The number of phosphoric acid groups is 1. The molecule has 4 N–H and O–H groups in total. The Morgan fingerprint density at radius 2 is 1.31 bits per heavy atom. The quantitative estimate of drug-likeness (QED) is 0.0187. The van der Waals surface area contributed by atoms with Crippen LogP contribution in [0.4, 0.5) is 0 Å². The SMILES string of the molecule is CCC=CCC=CCC(O)C=CC=CCC=CCCCC(=O)OC(COC(=O)CCCCCCCC=CCCCCCC)COP(=O)(O)OCCN. The Hall–Kier alpha value is -2.59. The van der Waals surface area contributed by atoms with Crippen molar-refractivity contribution in [1.82, 2.24) is 0 Å². The van der Waals surface area contributed by atoms with Crippen molar-refractivity contribution in [2.45, 2.75) is 148 Å². The van der Waals surface area contributed by atoms with Gasteiger partial charge in [-0.05, 0) is 70.6 Å². The molecule has 0 aromatic heterocycles. The lowest BCUT2D eigenvalue weighted by atomic mass is 10.1. The summed E-state index contributed by atoms with van der Waals surface area (Å²) in [7, 11) is -4.41. The molecule has 3 unspecified atom stereocenters. The number of allylic oxidation sites excluding steroid dienone is 10. The van der Waals surface area contributed by atoms with Gasteiger partial charge in [0, 0.05) is 19.4 Å². The van der Waals surface area contributed by atoms with E-state index >= 15 is 0 Å². The fourth-order valence-corrected chi connectivity index (χ4v) is 5.51. The summed E-state index contributed by atoms with van der Waals surface area (Å²) in [4.78, 5) is 34.7. The topological polar surface area (TPSA) is 155 Å². The van der Waals surface area contributed by atoms with Gasteiger partial charge in [-0.25, -0.2) is 4.57 Å². The minimum Gasteiger partial charge on any atom is -0.462 e. The second-order valence-electron chi connectivity index (χ2n) is 12.6. The fraction of sp³-hybridized carbons (Fsp3) is 0.659. The standard InChI is InChI=1S/C41H70NO9P/c1-3-5-7-9-11-12-13-14-15-16-20-24-28-32-40(44)48-36-39(37-50-52(46,47)49-35-34-42)51-41(45)33-29-25-21-18-17-19-23-27-31-38(43)30-26-22-10-8-6-4-2/h6,8,12-13,18-19,21-23,26-27,31,38-39,43H,3-5,7,9-11,14-17,20,24-25,28-30,32-37,42H2,1-2H3,(H,46,47). The highest BCUT2D eigenvalue weighted by Crippen LogP contribution is 2.43. The van der Waals surface area contributed by atoms with Gasteiger partial charge in [-0.3, -0.25) is 18.6 Å². The van der Waals surface area contributed by atoms with Gasteiger partial charge in [-0.1, -0.05) is 125 Å². The molecule has 0 saturated carbocycles. The first-order valence-corrected chi connectivity index (χ1v) is 21.0. The van der Waals surface area contributed by atoms with Crippen LogP contribution in [0.3, 0.4) is 0 Å².